The molecule has 1 aromatic carbocycles. The minimum Gasteiger partial charge on any atom is -0.437 e. The molecule has 104 valence electrons. The first-order valence-corrected chi connectivity index (χ1v) is 6.95. The van der Waals surface area contributed by atoms with Crippen molar-refractivity contribution in [3.63, 3.8) is 0 Å². The van der Waals surface area contributed by atoms with Gasteiger partial charge in [0, 0.05) is 30.8 Å². The van der Waals surface area contributed by atoms with Crippen LogP contribution in [0.4, 0.5) is 0 Å². The lowest BCUT2D eigenvalue weighted by Crippen LogP contribution is -2.21. The third kappa shape index (κ3) is 3.49. The summed E-state index contributed by atoms with van der Waals surface area (Å²) in [5, 5.41) is 0.489. The molecule has 0 aliphatic heterocycles. The van der Waals surface area contributed by atoms with E-state index in [1.54, 1.807) is 38.4 Å². The SMILES string of the molecule is CN(C)C(=O)c1ccc(Oc2cc(Br)ccc2Cl)nc1. The second-order valence-electron chi connectivity index (χ2n) is 4.26. The van der Waals surface area contributed by atoms with Crippen LogP contribution in [0.1, 0.15) is 10.4 Å². The normalized spacial score (nSPS) is 10.2. The lowest BCUT2D eigenvalue weighted by molar-refractivity contribution is 0.0827. The van der Waals surface area contributed by atoms with E-state index in [1.807, 2.05) is 6.07 Å². The number of hydrogen-bond donors (Lipinski definition) is 0. The lowest BCUT2D eigenvalue weighted by Gasteiger charge is -2.11. The Hall–Kier alpha value is -1.59. The van der Waals surface area contributed by atoms with Gasteiger partial charge in [-0.25, -0.2) is 4.98 Å². The molecule has 0 bridgehead atoms. The van der Waals surface area contributed by atoms with Gasteiger partial charge in [-0.3, -0.25) is 4.79 Å². The van der Waals surface area contributed by atoms with E-state index in [-0.39, 0.29) is 5.91 Å². The summed E-state index contributed by atoms with van der Waals surface area (Å²) in [5.74, 6) is 0.769. The molecule has 1 aromatic heterocycles. The molecule has 2 rings (SSSR count). The zero-order valence-electron chi connectivity index (χ0n) is 10.9. The van der Waals surface area contributed by atoms with Gasteiger partial charge in [-0.1, -0.05) is 27.5 Å². The molecule has 4 nitrogen and oxygen atoms in total. The smallest absolute Gasteiger partial charge is 0.254 e. The highest BCUT2D eigenvalue weighted by Crippen LogP contribution is 2.31. The Morgan fingerprint density at radius 1 is 1.30 bits per heavy atom. The van der Waals surface area contributed by atoms with Crippen molar-refractivity contribution < 1.29 is 9.53 Å². The summed E-state index contributed by atoms with van der Waals surface area (Å²) in [4.78, 5) is 17.3. The zero-order valence-corrected chi connectivity index (χ0v) is 13.3. The van der Waals surface area contributed by atoms with Crippen LogP contribution in [0.2, 0.25) is 5.02 Å². The van der Waals surface area contributed by atoms with Crippen LogP contribution >= 0.6 is 27.5 Å². The maximum absolute atomic E-state index is 11.7. The topological polar surface area (TPSA) is 42.4 Å². The van der Waals surface area contributed by atoms with Crippen molar-refractivity contribution in [3.05, 3.63) is 51.6 Å². The number of ether oxygens (including phenoxy) is 1. The van der Waals surface area contributed by atoms with Crippen molar-refractivity contribution in [2.75, 3.05) is 14.1 Å². The largest absolute Gasteiger partial charge is 0.437 e. The Morgan fingerprint density at radius 2 is 2.05 bits per heavy atom. The van der Waals surface area contributed by atoms with Gasteiger partial charge >= 0.3 is 0 Å². The number of halogens is 2. The lowest BCUT2D eigenvalue weighted by atomic mass is 10.2. The van der Waals surface area contributed by atoms with Crippen molar-refractivity contribution in [1.29, 1.82) is 0 Å². The highest BCUT2D eigenvalue weighted by Gasteiger charge is 2.09. The van der Waals surface area contributed by atoms with E-state index in [2.05, 4.69) is 20.9 Å². The zero-order chi connectivity index (χ0) is 14.7. The molecule has 0 spiro atoms. The summed E-state index contributed by atoms with van der Waals surface area (Å²) in [6.45, 7) is 0. The maximum Gasteiger partial charge on any atom is 0.254 e. The van der Waals surface area contributed by atoms with E-state index in [0.717, 1.165) is 4.47 Å². The Morgan fingerprint density at radius 3 is 2.65 bits per heavy atom. The molecule has 0 aliphatic carbocycles. The van der Waals surface area contributed by atoms with Crippen molar-refractivity contribution in [3.8, 4) is 11.6 Å². The van der Waals surface area contributed by atoms with Gasteiger partial charge in [0.1, 0.15) is 5.75 Å². The molecule has 0 N–H and O–H groups in total. The van der Waals surface area contributed by atoms with Crippen LogP contribution in [0.15, 0.2) is 41.0 Å². The molecule has 0 aliphatic rings. The van der Waals surface area contributed by atoms with Gasteiger partial charge in [0.2, 0.25) is 5.88 Å². The van der Waals surface area contributed by atoms with Crippen LogP contribution in [-0.2, 0) is 0 Å². The van der Waals surface area contributed by atoms with Gasteiger partial charge in [-0.05, 0) is 24.3 Å². The summed E-state index contributed by atoms with van der Waals surface area (Å²) in [7, 11) is 3.38. The molecule has 6 heteroatoms. The number of carbonyl (C=O) groups excluding carboxylic acids is 1. The van der Waals surface area contributed by atoms with E-state index in [0.29, 0.717) is 22.2 Å². The van der Waals surface area contributed by atoms with Gasteiger partial charge in [-0.15, -0.1) is 0 Å². The average Bonchev–Trinajstić information content (AvgIpc) is 2.43. The number of pyridine rings is 1. The average molecular weight is 356 g/mol. The summed E-state index contributed by atoms with van der Waals surface area (Å²) in [6, 6.07) is 8.60. The van der Waals surface area contributed by atoms with E-state index < -0.39 is 0 Å². The fourth-order valence-electron chi connectivity index (χ4n) is 1.49. The molecule has 0 saturated heterocycles. The Kier molecular flexibility index (Phi) is 4.62. The van der Waals surface area contributed by atoms with Crippen molar-refractivity contribution >= 4 is 33.4 Å². The quantitative estimate of drug-likeness (QED) is 0.836. The van der Waals surface area contributed by atoms with Gasteiger partial charge in [0.05, 0.1) is 10.6 Å². The minimum atomic E-state index is -0.107. The van der Waals surface area contributed by atoms with Crippen LogP contribution in [0.25, 0.3) is 0 Å². The fourth-order valence-corrected chi connectivity index (χ4v) is 1.99. The number of rotatable bonds is 3. The molecule has 2 aromatic rings. The van der Waals surface area contributed by atoms with Crippen molar-refractivity contribution in [2.24, 2.45) is 0 Å². The fraction of sp³-hybridized carbons (Fsp3) is 0.143. The molecule has 1 amide bonds. The second-order valence-corrected chi connectivity index (χ2v) is 5.58. The van der Waals surface area contributed by atoms with E-state index in [9.17, 15) is 4.79 Å². The van der Waals surface area contributed by atoms with Crippen LogP contribution in [0, 0.1) is 0 Å². The monoisotopic (exact) mass is 354 g/mol. The van der Waals surface area contributed by atoms with Crippen LogP contribution in [-0.4, -0.2) is 29.9 Å². The molecule has 0 unspecified atom stereocenters. The van der Waals surface area contributed by atoms with Crippen molar-refractivity contribution in [1.82, 2.24) is 9.88 Å². The molecule has 0 saturated carbocycles. The predicted octanol–water partition coefficient (Wildman–Crippen LogP) is 3.99. The summed E-state index contributed by atoms with van der Waals surface area (Å²) in [5.41, 5.74) is 0.502. The van der Waals surface area contributed by atoms with E-state index in [4.69, 9.17) is 16.3 Å². The first kappa shape index (κ1) is 14.8. The van der Waals surface area contributed by atoms with Gasteiger partial charge < -0.3 is 9.64 Å². The highest BCUT2D eigenvalue weighted by molar-refractivity contribution is 9.10. The molecule has 0 fully saturated rings. The Bertz CT molecular complexity index is 630. The molecule has 20 heavy (non-hydrogen) atoms. The predicted molar refractivity (Wildman–Crippen MR) is 81.5 cm³/mol. The van der Waals surface area contributed by atoms with Gasteiger partial charge in [0.15, 0.2) is 0 Å². The highest BCUT2D eigenvalue weighted by atomic mass is 79.9. The number of nitrogens with zero attached hydrogens (tertiary/aromatic N) is 2. The molecule has 1 heterocycles. The van der Waals surface area contributed by atoms with Crippen LogP contribution < -0.4 is 4.74 Å². The number of benzene rings is 1. The number of aromatic nitrogens is 1. The maximum atomic E-state index is 11.7. The summed E-state index contributed by atoms with van der Waals surface area (Å²) < 4.78 is 6.44. The van der Waals surface area contributed by atoms with E-state index >= 15 is 0 Å². The van der Waals surface area contributed by atoms with Gasteiger partial charge in [0.25, 0.3) is 5.91 Å². The van der Waals surface area contributed by atoms with Gasteiger partial charge in [-0.2, -0.15) is 0 Å². The van der Waals surface area contributed by atoms with Crippen LogP contribution in [0.3, 0.4) is 0 Å². The molecule has 0 radical (unpaired) electrons. The third-order valence-electron chi connectivity index (χ3n) is 2.50. The van der Waals surface area contributed by atoms with Crippen molar-refractivity contribution in [2.45, 2.75) is 0 Å². The number of carbonyl (C=O) groups is 1. The number of hydrogen-bond acceptors (Lipinski definition) is 3. The molecular weight excluding hydrogens is 344 g/mol. The first-order valence-electron chi connectivity index (χ1n) is 5.78. The summed E-state index contributed by atoms with van der Waals surface area (Å²) in [6.07, 6.45) is 1.48. The first-order chi connectivity index (χ1) is 9.47. The number of amides is 1. The summed E-state index contributed by atoms with van der Waals surface area (Å²) >= 11 is 9.38. The Balaban J connectivity index is 2.19. The second kappa shape index (κ2) is 6.24. The third-order valence-corrected chi connectivity index (χ3v) is 3.30. The standard InChI is InChI=1S/C14H12BrClN2O2/c1-18(2)14(19)9-3-6-13(17-8-9)20-12-7-10(15)4-5-11(12)16/h3-8H,1-2H3. The van der Waals surface area contributed by atoms with E-state index in [1.165, 1.54) is 11.1 Å². The van der Waals surface area contributed by atoms with Crippen LogP contribution in [0.5, 0.6) is 11.6 Å². The minimum absolute atomic E-state index is 0.107. The Labute approximate surface area is 130 Å². The molecule has 0 atom stereocenters. The molecular formula is C14H12BrClN2O2.